The van der Waals surface area contributed by atoms with E-state index in [-0.39, 0.29) is 17.7 Å². The number of amidine groups is 1. The van der Waals surface area contributed by atoms with Crippen molar-refractivity contribution < 1.29 is 8.78 Å². The second-order valence-corrected chi connectivity index (χ2v) is 5.90. The molecule has 0 saturated carbocycles. The average Bonchev–Trinajstić information content (AvgIpc) is 3.18. The Bertz CT molecular complexity index is 1070. The molecule has 0 bridgehead atoms. The van der Waals surface area contributed by atoms with E-state index in [2.05, 4.69) is 26.7 Å². The summed E-state index contributed by atoms with van der Waals surface area (Å²) in [6.45, 7) is 0.201. The summed E-state index contributed by atoms with van der Waals surface area (Å²) in [5.41, 5.74) is 9.97. The normalized spacial score (nSPS) is 13.0. The molecule has 4 rings (SSSR count). The van der Waals surface area contributed by atoms with Gasteiger partial charge >= 0.3 is 0 Å². The van der Waals surface area contributed by atoms with Gasteiger partial charge in [0.1, 0.15) is 11.6 Å². The molecule has 27 heavy (non-hydrogen) atoms. The van der Waals surface area contributed by atoms with E-state index >= 15 is 0 Å². The van der Waals surface area contributed by atoms with Crippen LogP contribution in [0.15, 0.2) is 64.5 Å². The molecule has 2 heterocycles. The lowest BCUT2D eigenvalue weighted by Gasteiger charge is -2.09. The molecular formula is C18H14F2N6O. The molecule has 9 heteroatoms. The minimum Gasteiger partial charge on any atom is -0.285 e. The summed E-state index contributed by atoms with van der Waals surface area (Å²) in [7, 11) is 0. The van der Waals surface area contributed by atoms with Gasteiger partial charge < -0.3 is 0 Å². The molecule has 7 nitrogen and oxygen atoms in total. The highest BCUT2D eigenvalue weighted by molar-refractivity contribution is 5.99. The van der Waals surface area contributed by atoms with Crippen molar-refractivity contribution >= 4 is 5.84 Å². The molecule has 0 atom stereocenters. The predicted molar refractivity (Wildman–Crippen MR) is 95.3 cm³/mol. The molecule has 2 aromatic carbocycles. The van der Waals surface area contributed by atoms with Gasteiger partial charge in [0.05, 0.1) is 12.2 Å². The first kappa shape index (κ1) is 16.9. The zero-order valence-corrected chi connectivity index (χ0v) is 13.9. The molecular weight excluding hydrogens is 354 g/mol. The zero-order valence-electron chi connectivity index (χ0n) is 13.9. The Kier molecular flexibility index (Phi) is 4.35. The van der Waals surface area contributed by atoms with Crippen LogP contribution in [0.5, 0.6) is 0 Å². The summed E-state index contributed by atoms with van der Waals surface area (Å²) < 4.78 is 28.2. The van der Waals surface area contributed by atoms with Crippen LogP contribution in [0.25, 0.3) is 11.3 Å². The first-order valence-electron chi connectivity index (χ1n) is 8.06. The Morgan fingerprint density at radius 1 is 0.963 bits per heavy atom. The lowest BCUT2D eigenvalue weighted by molar-refractivity contribution is 0.577. The van der Waals surface area contributed by atoms with Crippen LogP contribution < -0.4 is 22.1 Å². The molecule has 0 aliphatic carbocycles. The van der Waals surface area contributed by atoms with Crippen LogP contribution in [0.4, 0.5) is 8.78 Å². The topological polar surface area (TPSA) is 83.3 Å². The van der Waals surface area contributed by atoms with Crippen molar-refractivity contribution in [3.8, 4) is 11.3 Å². The Hall–Kier alpha value is -3.59. The van der Waals surface area contributed by atoms with Crippen molar-refractivity contribution in [1.82, 2.24) is 26.3 Å². The van der Waals surface area contributed by atoms with E-state index < -0.39 is 11.6 Å². The minimum absolute atomic E-state index is 0.201. The van der Waals surface area contributed by atoms with Crippen LogP contribution >= 0.6 is 0 Å². The standard InChI is InChI=1S/C18H14F2N6O/c19-14-7-13(8-15(20)9-14)16-4-5-17(27)26(23-16)10-11-2-1-3-12(6-11)18-21-24-25-22-18/h1-9,24-25H,10H2,(H,21,22). The fraction of sp³-hybridized carbons (Fsp3) is 0.0556. The van der Waals surface area contributed by atoms with Crippen LogP contribution in [0.2, 0.25) is 0 Å². The van der Waals surface area contributed by atoms with Crippen LogP contribution in [0, 0.1) is 11.6 Å². The zero-order chi connectivity index (χ0) is 18.8. The first-order valence-corrected chi connectivity index (χ1v) is 8.06. The van der Waals surface area contributed by atoms with E-state index in [1.165, 1.54) is 28.9 Å². The number of hydrogen-bond donors (Lipinski definition) is 3. The monoisotopic (exact) mass is 368 g/mol. The van der Waals surface area contributed by atoms with Crippen molar-refractivity contribution in [2.75, 3.05) is 0 Å². The van der Waals surface area contributed by atoms with Gasteiger partial charge in [0, 0.05) is 23.3 Å². The fourth-order valence-electron chi connectivity index (χ4n) is 2.74. The smallest absolute Gasteiger partial charge is 0.267 e. The molecule has 1 aliphatic heterocycles. The number of hydrazone groups is 1. The summed E-state index contributed by atoms with van der Waals surface area (Å²) in [4.78, 5) is 12.2. The second-order valence-electron chi connectivity index (χ2n) is 5.90. The Morgan fingerprint density at radius 3 is 2.52 bits per heavy atom. The van der Waals surface area contributed by atoms with Crippen molar-refractivity contribution in [2.24, 2.45) is 5.10 Å². The average molecular weight is 368 g/mol. The second kappa shape index (κ2) is 6.96. The van der Waals surface area contributed by atoms with Gasteiger partial charge in [0.25, 0.3) is 5.56 Å². The first-order chi connectivity index (χ1) is 13.1. The fourth-order valence-corrected chi connectivity index (χ4v) is 2.74. The molecule has 1 aromatic heterocycles. The lowest BCUT2D eigenvalue weighted by Crippen LogP contribution is -2.35. The molecule has 0 spiro atoms. The summed E-state index contributed by atoms with van der Waals surface area (Å²) in [6, 6.07) is 13.3. The van der Waals surface area contributed by atoms with Crippen LogP contribution in [-0.4, -0.2) is 15.6 Å². The summed E-state index contributed by atoms with van der Waals surface area (Å²) in [5, 5.41) is 8.28. The molecule has 3 N–H and O–H groups in total. The number of nitrogens with one attached hydrogen (secondary N) is 3. The molecule has 0 unspecified atom stereocenters. The van der Waals surface area contributed by atoms with Gasteiger partial charge in [0.2, 0.25) is 0 Å². The van der Waals surface area contributed by atoms with Gasteiger partial charge in [-0.3, -0.25) is 10.2 Å². The van der Waals surface area contributed by atoms with Crippen LogP contribution in [0.3, 0.4) is 0 Å². The SMILES string of the molecule is O=c1ccc(-c2cc(F)cc(F)c2)nn1Cc1cccc(C2=NNNN2)c1. The number of rotatable bonds is 4. The highest BCUT2D eigenvalue weighted by Gasteiger charge is 2.10. The maximum atomic E-state index is 13.5. The van der Waals surface area contributed by atoms with Gasteiger partial charge in [-0.2, -0.15) is 5.10 Å². The van der Waals surface area contributed by atoms with E-state index in [9.17, 15) is 13.6 Å². The lowest BCUT2D eigenvalue weighted by atomic mass is 10.1. The quantitative estimate of drug-likeness (QED) is 0.650. The molecule has 3 aromatic rings. The maximum absolute atomic E-state index is 13.5. The van der Waals surface area contributed by atoms with E-state index in [1.807, 2.05) is 24.3 Å². The van der Waals surface area contributed by atoms with E-state index in [4.69, 9.17) is 0 Å². The third kappa shape index (κ3) is 3.67. The van der Waals surface area contributed by atoms with E-state index in [0.717, 1.165) is 17.2 Å². The predicted octanol–water partition coefficient (Wildman–Crippen LogP) is 1.51. The number of hydrazine groups is 2. The van der Waals surface area contributed by atoms with Crippen LogP contribution in [-0.2, 0) is 6.54 Å². The number of halogens is 2. The van der Waals surface area contributed by atoms with Crippen molar-refractivity contribution in [1.29, 1.82) is 0 Å². The highest BCUT2D eigenvalue weighted by Crippen LogP contribution is 2.18. The van der Waals surface area contributed by atoms with Crippen LogP contribution in [0.1, 0.15) is 11.1 Å². The molecule has 0 saturated heterocycles. The van der Waals surface area contributed by atoms with Crippen molar-refractivity contribution in [3.05, 3.63) is 87.7 Å². The highest BCUT2D eigenvalue weighted by atomic mass is 19.1. The van der Waals surface area contributed by atoms with E-state index in [0.29, 0.717) is 11.5 Å². The number of benzene rings is 2. The third-order valence-electron chi connectivity index (χ3n) is 3.96. The van der Waals surface area contributed by atoms with Crippen molar-refractivity contribution in [2.45, 2.75) is 6.54 Å². The largest absolute Gasteiger partial charge is 0.285 e. The molecule has 0 radical (unpaired) electrons. The number of nitrogens with zero attached hydrogens (tertiary/aromatic N) is 3. The van der Waals surface area contributed by atoms with Gasteiger partial charge in [-0.15, -0.1) is 10.6 Å². The summed E-state index contributed by atoms with van der Waals surface area (Å²) in [5.74, 6) is -0.797. The van der Waals surface area contributed by atoms with Gasteiger partial charge in [0.15, 0.2) is 5.84 Å². The maximum Gasteiger partial charge on any atom is 0.267 e. The Balaban J connectivity index is 1.66. The summed E-state index contributed by atoms with van der Waals surface area (Å²) >= 11 is 0. The van der Waals surface area contributed by atoms with E-state index in [1.54, 1.807) is 0 Å². The molecule has 1 aliphatic rings. The molecule has 0 amide bonds. The molecule has 0 fully saturated rings. The minimum atomic E-state index is -0.704. The Labute approximate surface area is 152 Å². The van der Waals surface area contributed by atoms with Gasteiger partial charge in [-0.05, 0) is 29.8 Å². The Morgan fingerprint density at radius 2 is 1.78 bits per heavy atom. The van der Waals surface area contributed by atoms with Gasteiger partial charge in [-0.25, -0.2) is 19.0 Å². The molecule has 136 valence electrons. The number of hydrogen-bond acceptors (Lipinski definition) is 6. The third-order valence-corrected chi connectivity index (χ3v) is 3.96. The summed E-state index contributed by atoms with van der Waals surface area (Å²) in [6.07, 6.45) is 0. The van der Waals surface area contributed by atoms with Gasteiger partial charge in [-0.1, -0.05) is 18.2 Å². The van der Waals surface area contributed by atoms with Crippen molar-refractivity contribution in [3.63, 3.8) is 0 Å². The number of aromatic nitrogens is 2.